The van der Waals surface area contributed by atoms with Crippen LogP contribution in [0.3, 0.4) is 0 Å². The first kappa shape index (κ1) is 15.4. The lowest BCUT2D eigenvalue weighted by Crippen LogP contribution is -2.24. The molecule has 0 bridgehead atoms. The van der Waals surface area contributed by atoms with Crippen LogP contribution in [-0.2, 0) is 6.54 Å². The van der Waals surface area contributed by atoms with E-state index in [0.717, 1.165) is 34.8 Å². The standard InChI is InChI=1S/C16H18BrClN2/c1-20(12-13-5-7-15(18)8-6-13)10-9-19-16-4-2-3-14(17)11-16/h2-8,11,19H,9-10,12H2,1H3. The second kappa shape index (κ2) is 7.67. The van der Waals surface area contributed by atoms with E-state index < -0.39 is 0 Å². The van der Waals surface area contributed by atoms with Gasteiger partial charge in [0.25, 0.3) is 0 Å². The molecule has 2 nitrogen and oxygen atoms in total. The first-order valence-electron chi connectivity index (χ1n) is 6.56. The quantitative estimate of drug-likeness (QED) is 0.813. The van der Waals surface area contributed by atoms with Crippen LogP contribution >= 0.6 is 27.5 Å². The maximum absolute atomic E-state index is 5.88. The predicted molar refractivity (Wildman–Crippen MR) is 90.4 cm³/mol. The van der Waals surface area contributed by atoms with Crippen LogP contribution in [0.15, 0.2) is 53.0 Å². The van der Waals surface area contributed by atoms with Crippen molar-refractivity contribution in [3.8, 4) is 0 Å². The molecule has 4 heteroatoms. The number of benzene rings is 2. The van der Waals surface area contributed by atoms with Crippen molar-refractivity contribution in [3.05, 3.63) is 63.6 Å². The number of anilines is 1. The molecular formula is C16H18BrClN2. The third-order valence-electron chi connectivity index (χ3n) is 3.01. The highest BCUT2D eigenvalue weighted by atomic mass is 79.9. The summed E-state index contributed by atoms with van der Waals surface area (Å²) in [4.78, 5) is 2.29. The molecule has 106 valence electrons. The van der Waals surface area contributed by atoms with E-state index in [4.69, 9.17) is 11.6 Å². The molecule has 0 fully saturated rings. The molecule has 20 heavy (non-hydrogen) atoms. The molecule has 0 heterocycles. The Morgan fingerprint density at radius 1 is 1.15 bits per heavy atom. The highest BCUT2D eigenvalue weighted by Crippen LogP contribution is 2.15. The topological polar surface area (TPSA) is 15.3 Å². The van der Waals surface area contributed by atoms with Crippen LogP contribution in [0.1, 0.15) is 5.56 Å². The van der Waals surface area contributed by atoms with Crippen LogP contribution in [-0.4, -0.2) is 25.0 Å². The molecule has 0 aliphatic rings. The smallest absolute Gasteiger partial charge is 0.0406 e. The summed E-state index contributed by atoms with van der Waals surface area (Å²) in [6, 6.07) is 16.2. The fourth-order valence-corrected chi connectivity index (χ4v) is 2.50. The summed E-state index contributed by atoms with van der Waals surface area (Å²) in [5.41, 5.74) is 2.42. The first-order chi connectivity index (χ1) is 9.63. The van der Waals surface area contributed by atoms with Crippen molar-refractivity contribution in [2.75, 3.05) is 25.5 Å². The summed E-state index contributed by atoms with van der Waals surface area (Å²) in [7, 11) is 2.12. The van der Waals surface area contributed by atoms with Crippen LogP contribution in [0.25, 0.3) is 0 Å². The molecule has 0 aliphatic carbocycles. The van der Waals surface area contributed by atoms with Crippen LogP contribution in [0.5, 0.6) is 0 Å². The fraction of sp³-hybridized carbons (Fsp3) is 0.250. The van der Waals surface area contributed by atoms with E-state index in [9.17, 15) is 0 Å². The number of hydrogen-bond acceptors (Lipinski definition) is 2. The average molecular weight is 354 g/mol. The summed E-state index contributed by atoms with van der Waals surface area (Å²) in [6.45, 7) is 2.83. The van der Waals surface area contributed by atoms with E-state index in [1.54, 1.807) is 0 Å². The average Bonchev–Trinajstić information content (AvgIpc) is 2.41. The minimum Gasteiger partial charge on any atom is -0.384 e. The molecule has 2 aromatic carbocycles. The lowest BCUT2D eigenvalue weighted by Gasteiger charge is -2.17. The Morgan fingerprint density at radius 2 is 1.90 bits per heavy atom. The van der Waals surface area contributed by atoms with Gasteiger partial charge in [0.05, 0.1) is 0 Å². The van der Waals surface area contributed by atoms with Gasteiger partial charge in [-0.3, -0.25) is 0 Å². The Morgan fingerprint density at radius 3 is 2.60 bits per heavy atom. The summed E-state index contributed by atoms with van der Waals surface area (Å²) >= 11 is 9.36. The van der Waals surface area contributed by atoms with Crippen LogP contribution in [0, 0.1) is 0 Å². The summed E-state index contributed by atoms with van der Waals surface area (Å²) in [6.07, 6.45) is 0. The number of likely N-dealkylation sites (N-methyl/N-ethyl adjacent to an activating group) is 1. The molecule has 0 spiro atoms. The van der Waals surface area contributed by atoms with Crippen molar-refractivity contribution < 1.29 is 0 Å². The molecule has 0 saturated carbocycles. The van der Waals surface area contributed by atoms with Gasteiger partial charge < -0.3 is 10.2 Å². The van der Waals surface area contributed by atoms with E-state index in [1.807, 2.05) is 24.3 Å². The van der Waals surface area contributed by atoms with Crippen LogP contribution in [0.2, 0.25) is 5.02 Å². The predicted octanol–water partition coefficient (Wildman–Crippen LogP) is 4.65. The van der Waals surface area contributed by atoms with Gasteiger partial charge in [-0.25, -0.2) is 0 Å². The highest BCUT2D eigenvalue weighted by molar-refractivity contribution is 9.10. The number of nitrogens with zero attached hydrogens (tertiary/aromatic N) is 1. The van der Waals surface area contributed by atoms with Crippen molar-refractivity contribution in [1.82, 2.24) is 4.90 Å². The van der Waals surface area contributed by atoms with E-state index in [1.165, 1.54) is 5.56 Å². The lowest BCUT2D eigenvalue weighted by molar-refractivity contribution is 0.340. The molecule has 0 aliphatic heterocycles. The molecule has 2 rings (SSSR count). The monoisotopic (exact) mass is 352 g/mol. The van der Waals surface area contributed by atoms with Gasteiger partial charge in [0, 0.05) is 34.8 Å². The summed E-state index contributed by atoms with van der Waals surface area (Å²) < 4.78 is 1.09. The van der Waals surface area contributed by atoms with Gasteiger partial charge in [0.15, 0.2) is 0 Å². The van der Waals surface area contributed by atoms with E-state index in [0.29, 0.717) is 0 Å². The zero-order valence-electron chi connectivity index (χ0n) is 11.4. The molecule has 0 atom stereocenters. The summed E-state index contributed by atoms with van der Waals surface area (Å²) in [5.74, 6) is 0. The zero-order valence-corrected chi connectivity index (χ0v) is 13.8. The maximum atomic E-state index is 5.88. The van der Waals surface area contributed by atoms with Gasteiger partial charge >= 0.3 is 0 Å². The Bertz CT molecular complexity index is 542. The van der Waals surface area contributed by atoms with Crippen molar-refractivity contribution in [2.24, 2.45) is 0 Å². The number of hydrogen-bond donors (Lipinski definition) is 1. The Balaban J connectivity index is 1.75. The number of halogens is 2. The number of nitrogens with one attached hydrogen (secondary N) is 1. The van der Waals surface area contributed by atoms with Crippen molar-refractivity contribution in [3.63, 3.8) is 0 Å². The molecule has 0 radical (unpaired) electrons. The van der Waals surface area contributed by atoms with Gasteiger partial charge in [0.1, 0.15) is 0 Å². The Kier molecular flexibility index (Phi) is 5.89. The third-order valence-corrected chi connectivity index (χ3v) is 3.76. The Hall–Kier alpha value is -1.03. The van der Waals surface area contributed by atoms with E-state index >= 15 is 0 Å². The first-order valence-corrected chi connectivity index (χ1v) is 7.73. The van der Waals surface area contributed by atoms with E-state index in [2.05, 4.69) is 57.5 Å². The van der Waals surface area contributed by atoms with Gasteiger partial charge in [0.2, 0.25) is 0 Å². The summed E-state index contributed by atoms with van der Waals surface area (Å²) in [5, 5.41) is 4.20. The molecule has 0 unspecified atom stereocenters. The zero-order chi connectivity index (χ0) is 14.4. The molecule has 1 N–H and O–H groups in total. The van der Waals surface area contributed by atoms with Crippen LogP contribution < -0.4 is 5.32 Å². The molecule has 2 aromatic rings. The highest BCUT2D eigenvalue weighted by Gasteiger charge is 2.00. The normalized spacial score (nSPS) is 10.8. The van der Waals surface area contributed by atoms with Crippen LogP contribution in [0.4, 0.5) is 5.69 Å². The van der Waals surface area contributed by atoms with Gasteiger partial charge in [-0.2, -0.15) is 0 Å². The van der Waals surface area contributed by atoms with Crippen molar-refractivity contribution in [1.29, 1.82) is 0 Å². The number of rotatable bonds is 6. The maximum Gasteiger partial charge on any atom is 0.0406 e. The second-order valence-corrected chi connectivity index (χ2v) is 6.15. The third kappa shape index (κ3) is 5.16. The molecular weight excluding hydrogens is 336 g/mol. The molecule has 0 saturated heterocycles. The van der Waals surface area contributed by atoms with E-state index in [-0.39, 0.29) is 0 Å². The van der Waals surface area contributed by atoms with Gasteiger partial charge in [-0.05, 0) is 42.9 Å². The fourth-order valence-electron chi connectivity index (χ4n) is 1.97. The van der Waals surface area contributed by atoms with Crippen molar-refractivity contribution >= 4 is 33.2 Å². The lowest BCUT2D eigenvalue weighted by atomic mass is 10.2. The van der Waals surface area contributed by atoms with Gasteiger partial charge in [-0.15, -0.1) is 0 Å². The minimum atomic E-state index is 0.785. The minimum absolute atomic E-state index is 0.785. The SMILES string of the molecule is CN(CCNc1cccc(Br)c1)Cc1ccc(Cl)cc1. The Labute approximate surface area is 133 Å². The largest absolute Gasteiger partial charge is 0.384 e. The molecule has 0 amide bonds. The molecule has 0 aromatic heterocycles. The van der Waals surface area contributed by atoms with Crippen molar-refractivity contribution in [2.45, 2.75) is 6.54 Å². The van der Waals surface area contributed by atoms with Gasteiger partial charge in [-0.1, -0.05) is 45.7 Å². The second-order valence-electron chi connectivity index (χ2n) is 4.80.